The van der Waals surface area contributed by atoms with Crippen LogP contribution in [0, 0.1) is 5.41 Å². The minimum Gasteiger partial charge on any atom is -0.392 e. The van der Waals surface area contributed by atoms with Gasteiger partial charge in [0.25, 0.3) is 0 Å². The Morgan fingerprint density at radius 2 is 1.92 bits per heavy atom. The number of nitrogens with zero attached hydrogens (tertiary/aromatic N) is 2. The number of amides is 2. The lowest BCUT2D eigenvalue weighted by Gasteiger charge is -2.46. The van der Waals surface area contributed by atoms with Crippen molar-refractivity contribution in [2.45, 2.75) is 63.9 Å². The third kappa shape index (κ3) is 4.34. The fourth-order valence-electron chi connectivity index (χ4n) is 4.63. The van der Waals surface area contributed by atoms with Crippen LogP contribution in [0.15, 0.2) is 0 Å². The number of likely N-dealkylation sites (tertiary alicyclic amines) is 2. The second-order valence-corrected chi connectivity index (χ2v) is 7.99. The molecular formula is C19H33N3O3. The number of hydrogen-bond donors (Lipinski definition) is 2. The lowest BCUT2D eigenvalue weighted by molar-refractivity contribution is -0.154. The molecule has 3 rings (SSSR count). The standard InChI is InChI=1S/C19H33N3O3/c23-16-8-14-22(15-19(16)9-6-10-20-18(19)25)17(24)7-5-13-21-11-3-1-2-4-12-21/h16,23H,1-15H2,(H,20,25)/t16-,19-/m1/s1. The van der Waals surface area contributed by atoms with E-state index in [2.05, 4.69) is 10.2 Å². The Bertz CT molecular complexity index is 477. The van der Waals surface area contributed by atoms with Crippen LogP contribution < -0.4 is 5.32 Å². The van der Waals surface area contributed by atoms with Gasteiger partial charge in [-0.15, -0.1) is 0 Å². The maximum absolute atomic E-state index is 12.6. The molecule has 0 bridgehead atoms. The van der Waals surface area contributed by atoms with E-state index in [1.165, 1.54) is 25.7 Å². The monoisotopic (exact) mass is 351 g/mol. The molecule has 25 heavy (non-hydrogen) atoms. The molecule has 0 unspecified atom stereocenters. The highest BCUT2D eigenvalue weighted by molar-refractivity contribution is 5.86. The number of nitrogens with one attached hydrogen (secondary N) is 1. The van der Waals surface area contributed by atoms with E-state index in [1.807, 2.05) is 4.90 Å². The van der Waals surface area contributed by atoms with Crippen LogP contribution in [-0.2, 0) is 9.59 Å². The quantitative estimate of drug-likeness (QED) is 0.796. The van der Waals surface area contributed by atoms with Gasteiger partial charge in [-0.3, -0.25) is 9.59 Å². The van der Waals surface area contributed by atoms with Crippen molar-refractivity contribution in [3.63, 3.8) is 0 Å². The van der Waals surface area contributed by atoms with E-state index in [-0.39, 0.29) is 11.8 Å². The minimum absolute atomic E-state index is 0.0756. The molecule has 6 nitrogen and oxygen atoms in total. The average molecular weight is 351 g/mol. The number of carbonyl (C=O) groups excluding carboxylic acids is 2. The average Bonchev–Trinajstić information content (AvgIpc) is 2.88. The fourth-order valence-corrected chi connectivity index (χ4v) is 4.63. The topological polar surface area (TPSA) is 72.9 Å². The van der Waals surface area contributed by atoms with E-state index in [4.69, 9.17) is 0 Å². The highest BCUT2D eigenvalue weighted by atomic mass is 16.3. The fraction of sp³-hybridized carbons (Fsp3) is 0.895. The maximum Gasteiger partial charge on any atom is 0.230 e. The van der Waals surface area contributed by atoms with E-state index in [0.29, 0.717) is 38.9 Å². The third-order valence-electron chi connectivity index (χ3n) is 6.24. The molecule has 1 spiro atoms. The molecule has 2 amide bonds. The van der Waals surface area contributed by atoms with Crippen molar-refractivity contribution < 1.29 is 14.7 Å². The van der Waals surface area contributed by atoms with Gasteiger partial charge in [-0.25, -0.2) is 0 Å². The van der Waals surface area contributed by atoms with Gasteiger partial charge in [-0.1, -0.05) is 12.8 Å². The van der Waals surface area contributed by atoms with Gasteiger partial charge >= 0.3 is 0 Å². The van der Waals surface area contributed by atoms with E-state index >= 15 is 0 Å². The first kappa shape index (κ1) is 18.6. The molecule has 0 saturated carbocycles. The molecule has 6 heteroatoms. The first-order chi connectivity index (χ1) is 12.1. The van der Waals surface area contributed by atoms with Crippen LogP contribution in [0.25, 0.3) is 0 Å². The van der Waals surface area contributed by atoms with Crippen LogP contribution in [0.1, 0.15) is 57.8 Å². The van der Waals surface area contributed by atoms with Crippen molar-refractivity contribution in [3.05, 3.63) is 0 Å². The molecule has 0 aromatic rings. The number of piperidine rings is 2. The maximum atomic E-state index is 12.6. The molecule has 3 fully saturated rings. The first-order valence-corrected chi connectivity index (χ1v) is 10.1. The second-order valence-electron chi connectivity index (χ2n) is 7.99. The summed E-state index contributed by atoms with van der Waals surface area (Å²) in [5, 5.41) is 13.3. The lowest BCUT2D eigenvalue weighted by atomic mass is 9.71. The zero-order valence-electron chi connectivity index (χ0n) is 15.3. The molecule has 0 aromatic carbocycles. The van der Waals surface area contributed by atoms with Crippen LogP contribution in [0.3, 0.4) is 0 Å². The van der Waals surface area contributed by atoms with Crippen LogP contribution in [0.4, 0.5) is 0 Å². The summed E-state index contributed by atoms with van der Waals surface area (Å²) in [6.07, 6.45) is 8.06. The molecule has 0 aromatic heterocycles. The largest absolute Gasteiger partial charge is 0.392 e. The Morgan fingerprint density at radius 1 is 1.16 bits per heavy atom. The molecule has 2 atom stereocenters. The summed E-state index contributed by atoms with van der Waals surface area (Å²) in [4.78, 5) is 29.3. The summed E-state index contributed by atoms with van der Waals surface area (Å²) >= 11 is 0. The third-order valence-corrected chi connectivity index (χ3v) is 6.24. The van der Waals surface area contributed by atoms with E-state index < -0.39 is 11.5 Å². The van der Waals surface area contributed by atoms with Crippen molar-refractivity contribution >= 4 is 11.8 Å². The smallest absolute Gasteiger partial charge is 0.230 e. The Balaban J connectivity index is 1.49. The van der Waals surface area contributed by atoms with Gasteiger partial charge in [0.1, 0.15) is 0 Å². The molecule has 3 saturated heterocycles. The van der Waals surface area contributed by atoms with Gasteiger partial charge in [-0.2, -0.15) is 0 Å². The van der Waals surface area contributed by atoms with Crippen LogP contribution in [0.2, 0.25) is 0 Å². The van der Waals surface area contributed by atoms with Crippen LogP contribution in [-0.4, -0.2) is 72.1 Å². The molecule has 3 heterocycles. The summed E-state index contributed by atoms with van der Waals surface area (Å²) in [7, 11) is 0. The molecule has 142 valence electrons. The first-order valence-electron chi connectivity index (χ1n) is 10.1. The zero-order valence-corrected chi connectivity index (χ0v) is 15.3. The normalized spacial score (nSPS) is 31.6. The van der Waals surface area contributed by atoms with Crippen molar-refractivity contribution in [3.8, 4) is 0 Å². The molecule has 0 aliphatic carbocycles. The van der Waals surface area contributed by atoms with Gasteiger partial charge < -0.3 is 20.2 Å². The zero-order chi connectivity index (χ0) is 17.7. The Morgan fingerprint density at radius 3 is 2.64 bits per heavy atom. The van der Waals surface area contributed by atoms with Crippen molar-refractivity contribution in [2.75, 3.05) is 39.3 Å². The van der Waals surface area contributed by atoms with Gasteiger partial charge in [0, 0.05) is 26.1 Å². The molecule has 3 aliphatic rings. The van der Waals surface area contributed by atoms with E-state index in [1.54, 1.807) is 0 Å². The van der Waals surface area contributed by atoms with Crippen LogP contribution >= 0.6 is 0 Å². The van der Waals surface area contributed by atoms with E-state index in [9.17, 15) is 14.7 Å². The van der Waals surface area contributed by atoms with Crippen molar-refractivity contribution in [1.29, 1.82) is 0 Å². The van der Waals surface area contributed by atoms with Crippen LogP contribution in [0.5, 0.6) is 0 Å². The number of hydrogen-bond acceptors (Lipinski definition) is 4. The predicted molar refractivity (Wildman–Crippen MR) is 96.0 cm³/mol. The van der Waals surface area contributed by atoms with Gasteiger partial charge in [0.05, 0.1) is 11.5 Å². The second kappa shape index (κ2) is 8.49. The van der Waals surface area contributed by atoms with Crippen molar-refractivity contribution in [1.82, 2.24) is 15.1 Å². The lowest BCUT2D eigenvalue weighted by Crippen LogP contribution is -2.62. The Labute approximate surface area is 150 Å². The summed E-state index contributed by atoms with van der Waals surface area (Å²) in [6.45, 7) is 4.94. The number of aliphatic hydroxyl groups is 1. The Hall–Kier alpha value is -1.14. The predicted octanol–water partition coefficient (Wildman–Crippen LogP) is 1.13. The highest BCUT2D eigenvalue weighted by Gasteiger charge is 2.50. The van der Waals surface area contributed by atoms with E-state index in [0.717, 1.165) is 32.5 Å². The minimum atomic E-state index is -0.781. The molecule has 3 aliphatic heterocycles. The SMILES string of the molecule is O=C(CCCN1CCCCCC1)N1CC[C@@H](O)[C@@]2(CCCNC2=O)C1. The summed E-state index contributed by atoms with van der Waals surface area (Å²) in [5.74, 6) is 0.0628. The van der Waals surface area contributed by atoms with Gasteiger partial charge in [-0.05, 0) is 58.2 Å². The molecule has 2 N–H and O–H groups in total. The molecular weight excluding hydrogens is 318 g/mol. The van der Waals surface area contributed by atoms with Crippen molar-refractivity contribution in [2.24, 2.45) is 5.41 Å². The molecule has 0 radical (unpaired) electrons. The summed E-state index contributed by atoms with van der Waals surface area (Å²) < 4.78 is 0. The number of rotatable bonds is 4. The van der Waals surface area contributed by atoms with Gasteiger partial charge in [0.2, 0.25) is 11.8 Å². The highest BCUT2D eigenvalue weighted by Crippen LogP contribution is 2.37. The Kier molecular flexibility index (Phi) is 6.34. The number of aliphatic hydroxyl groups excluding tert-OH is 1. The summed E-state index contributed by atoms with van der Waals surface area (Å²) in [5.41, 5.74) is -0.781. The summed E-state index contributed by atoms with van der Waals surface area (Å²) in [6, 6.07) is 0. The number of carbonyl (C=O) groups is 2. The van der Waals surface area contributed by atoms with Gasteiger partial charge in [0.15, 0.2) is 0 Å².